The van der Waals surface area contributed by atoms with Crippen LogP contribution in [0, 0.1) is 6.92 Å². The predicted octanol–water partition coefficient (Wildman–Crippen LogP) is 4.16. The molecule has 1 atom stereocenters. The zero-order chi connectivity index (χ0) is 18.6. The molecular formula is C21H17N3O3. The summed E-state index contributed by atoms with van der Waals surface area (Å²) < 4.78 is 10.7. The molecule has 2 aromatic carbocycles. The Morgan fingerprint density at radius 2 is 1.78 bits per heavy atom. The number of amides is 1. The molecule has 0 aliphatic heterocycles. The van der Waals surface area contributed by atoms with Crippen molar-refractivity contribution < 1.29 is 13.7 Å². The average molecular weight is 359 g/mol. The van der Waals surface area contributed by atoms with Gasteiger partial charge in [0.1, 0.15) is 11.8 Å². The number of furan rings is 1. The summed E-state index contributed by atoms with van der Waals surface area (Å²) in [4.78, 5) is 17.0. The first kappa shape index (κ1) is 16.8. The SMILES string of the molecule is Cc1noc(-c2ccc(C(=O)NC(c3ccccc3)c3ccco3)cc2)n1. The molecule has 6 heteroatoms. The average Bonchev–Trinajstić information content (AvgIpc) is 3.39. The molecular weight excluding hydrogens is 342 g/mol. The minimum absolute atomic E-state index is 0.200. The largest absolute Gasteiger partial charge is 0.467 e. The number of hydrogen-bond acceptors (Lipinski definition) is 5. The van der Waals surface area contributed by atoms with Crippen molar-refractivity contribution in [3.05, 3.63) is 95.7 Å². The van der Waals surface area contributed by atoms with E-state index in [0.717, 1.165) is 11.1 Å². The Labute approximate surface area is 155 Å². The van der Waals surface area contributed by atoms with Crippen LogP contribution in [0.4, 0.5) is 0 Å². The summed E-state index contributed by atoms with van der Waals surface area (Å²) in [6.45, 7) is 1.76. The number of carbonyl (C=O) groups is 1. The van der Waals surface area contributed by atoms with E-state index in [1.807, 2.05) is 36.4 Å². The fourth-order valence-electron chi connectivity index (χ4n) is 2.81. The molecule has 6 nitrogen and oxygen atoms in total. The van der Waals surface area contributed by atoms with Crippen molar-refractivity contribution in [1.82, 2.24) is 15.5 Å². The van der Waals surface area contributed by atoms with Crippen LogP contribution in [-0.2, 0) is 0 Å². The molecule has 1 N–H and O–H groups in total. The highest BCUT2D eigenvalue weighted by Gasteiger charge is 2.20. The van der Waals surface area contributed by atoms with Crippen molar-refractivity contribution >= 4 is 5.91 Å². The molecule has 4 rings (SSSR count). The summed E-state index contributed by atoms with van der Waals surface area (Å²) in [6.07, 6.45) is 1.60. The van der Waals surface area contributed by atoms with Crippen LogP contribution in [0.2, 0.25) is 0 Å². The van der Waals surface area contributed by atoms with Crippen molar-refractivity contribution in [3.8, 4) is 11.5 Å². The lowest BCUT2D eigenvalue weighted by Crippen LogP contribution is -2.29. The summed E-state index contributed by atoms with van der Waals surface area (Å²) in [5.74, 6) is 1.47. The smallest absolute Gasteiger partial charge is 0.257 e. The fourth-order valence-corrected chi connectivity index (χ4v) is 2.81. The molecule has 0 saturated heterocycles. The van der Waals surface area contributed by atoms with Gasteiger partial charge in [0, 0.05) is 11.1 Å². The van der Waals surface area contributed by atoms with Gasteiger partial charge in [-0.05, 0) is 48.9 Å². The molecule has 1 unspecified atom stereocenters. The third kappa shape index (κ3) is 3.64. The maximum absolute atomic E-state index is 12.8. The Morgan fingerprint density at radius 3 is 2.41 bits per heavy atom. The zero-order valence-electron chi connectivity index (χ0n) is 14.6. The first-order valence-electron chi connectivity index (χ1n) is 8.50. The molecule has 27 heavy (non-hydrogen) atoms. The molecule has 2 heterocycles. The summed E-state index contributed by atoms with van der Waals surface area (Å²) in [7, 11) is 0. The lowest BCUT2D eigenvalue weighted by atomic mass is 10.0. The van der Waals surface area contributed by atoms with Gasteiger partial charge in [-0.1, -0.05) is 35.5 Å². The number of benzene rings is 2. The monoisotopic (exact) mass is 359 g/mol. The summed E-state index contributed by atoms with van der Waals surface area (Å²) in [5, 5.41) is 6.81. The molecule has 2 aromatic heterocycles. The molecule has 0 saturated carbocycles. The highest BCUT2D eigenvalue weighted by Crippen LogP contribution is 2.23. The van der Waals surface area contributed by atoms with E-state index in [1.54, 1.807) is 43.5 Å². The predicted molar refractivity (Wildman–Crippen MR) is 98.9 cm³/mol. The molecule has 0 bridgehead atoms. The quantitative estimate of drug-likeness (QED) is 0.579. The molecule has 0 aliphatic carbocycles. The summed E-state index contributed by atoms with van der Waals surface area (Å²) in [6, 6.07) is 20.0. The number of aromatic nitrogens is 2. The summed E-state index contributed by atoms with van der Waals surface area (Å²) >= 11 is 0. The van der Waals surface area contributed by atoms with Gasteiger partial charge in [0.25, 0.3) is 11.8 Å². The lowest BCUT2D eigenvalue weighted by molar-refractivity contribution is 0.0939. The summed E-state index contributed by atoms with van der Waals surface area (Å²) in [5.41, 5.74) is 2.24. The molecule has 0 fully saturated rings. The van der Waals surface area contributed by atoms with Crippen LogP contribution in [0.15, 0.2) is 81.9 Å². The second kappa shape index (κ2) is 7.29. The third-order valence-electron chi connectivity index (χ3n) is 4.16. The second-order valence-corrected chi connectivity index (χ2v) is 6.06. The van der Waals surface area contributed by atoms with Crippen LogP contribution in [-0.4, -0.2) is 16.0 Å². The van der Waals surface area contributed by atoms with Gasteiger partial charge in [-0.2, -0.15) is 4.98 Å². The van der Waals surface area contributed by atoms with E-state index in [9.17, 15) is 4.79 Å². The van der Waals surface area contributed by atoms with Gasteiger partial charge in [0.2, 0.25) is 0 Å². The Balaban J connectivity index is 1.56. The van der Waals surface area contributed by atoms with Gasteiger partial charge < -0.3 is 14.3 Å². The topological polar surface area (TPSA) is 81.2 Å². The van der Waals surface area contributed by atoms with Crippen LogP contribution in [0.5, 0.6) is 0 Å². The maximum Gasteiger partial charge on any atom is 0.257 e. The molecule has 0 radical (unpaired) electrons. The van der Waals surface area contributed by atoms with E-state index in [4.69, 9.17) is 8.94 Å². The minimum atomic E-state index is -0.369. The fraction of sp³-hybridized carbons (Fsp3) is 0.0952. The molecule has 0 spiro atoms. The zero-order valence-corrected chi connectivity index (χ0v) is 14.6. The van der Waals surface area contributed by atoms with Crippen molar-refractivity contribution in [2.75, 3.05) is 0 Å². The van der Waals surface area contributed by atoms with E-state index < -0.39 is 0 Å². The standard InChI is InChI=1S/C21H17N3O3/c1-14-22-21(27-24-14)17-11-9-16(10-12-17)20(25)23-19(18-8-5-13-26-18)15-6-3-2-4-7-15/h2-13,19H,1H3,(H,23,25). The van der Waals surface area contributed by atoms with Gasteiger partial charge in [0.05, 0.1) is 6.26 Å². The maximum atomic E-state index is 12.8. The molecule has 1 amide bonds. The van der Waals surface area contributed by atoms with Crippen LogP contribution in [0.25, 0.3) is 11.5 Å². The van der Waals surface area contributed by atoms with E-state index in [-0.39, 0.29) is 11.9 Å². The Kier molecular flexibility index (Phi) is 4.53. The van der Waals surface area contributed by atoms with Gasteiger partial charge in [0.15, 0.2) is 5.82 Å². The molecule has 0 aliphatic rings. The van der Waals surface area contributed by atoms with Crippen LogP contribution < -0.4 is 5.32 Å². The van der Waals surface area contributed by atoms with E-state index >= 15 is 0 Å². The Hall–Kier alpha value is -3.67. The van der Waals surface area contributed by atoms with Crippen molar-refractivity contribution in [2.45, 2.75) is 13.0 Å². The van der Waals surface area contributed by atoms with E-state index in [1.165, 1.54) is 0 Å². The van der Waals surface area contributed by atoms with E-state index in [2.05, 4.69) is 15.5 Å². The van der Waals surface area contributed by atoms with Crippen LogP contribution in [0.1, 0.15) is 33.5 Å². The van der Waals surface area contributed by atoms with Crippen LogP contribution in [0.3, 0.4) is 0 Å². The number of aryl methyl sites for hydroxylation is 1. The first-order valence-corrected chi connectivity index (χ1v) is 8.50. The van der Waals surface area contributed by atoms with Gasteiger partial charge in [-0.15, -0.1) is 0 Å². The van der Waals surface area contributed by atoms with Crippen molar-refractivity contribution in [3.63, 3.8) is 0 Å². The van der Waals surface area contributed by atoms with Crippen molar-refractivity contribution in [2.24, 2.45) is 0 Å². The minimum Gasteiger partial charge on any atom is -0.467 e. The lowest BCUT2D eigenvalue weighted by Gasteiger charge is -2.17. The number of nitrogens with zero attached hydrogens (tertiary/aromatic N) is 2. The van der Waals surface area contributed by atoms with Gasteiger partial charge in [-0.25, -0.2) is 0 Å². The third-order valence-corrected chi connectivity index (χ3v) is 4.16. The number of hydrogen-bond donors (Lipinski definition) is 1. The first-order chi connectivity index (χ1) is 13.2. The molecule has 134 valence electrons. The van der Waals surface area contributed by atoms with Crippen LogP contribution >= 0.6 is 0 Å². The highest BCUT2D eigenvalue weighted by atomic mass is 16.5. The highest BCUT2D eigenvalue weighted by molar-refractivity contribution is 5.95. The number of rotatable bonds is 5. The van der Waals surface area contributed by atoms with E-state index in [0.29, 0.717) is 23.0 Å². The van der Waals surface area contributed by atoms with Gasteiger partial charge in [-0.3, -0.25) is 4.79 Å². The normalized spacial score (nSPS) is 11.9. The number of nitrogens with one attached hydrogen (secondary N) is 1. The molecule has 4 aromatic rings. The second-order valence-electron chi connectivity index (χ2n) is 6.06. The number of carbonyl (C=O) groups excluding carboxylic acids is 1. The van der Waals surface area contributed by atoms with Crippen molar-refractivity contribution in [1.29, 1.82) is 0 Å². The van der Waals surface area contributed by atoms with Gasteiger partial charge >= 0.3 is 0 Å². The Morgan fingerprint density at radius 1 is 1.00 bits per heavy atom. The Bertz CT molecular complexity index is 1020.